The van der Waals surface area contributed by atoms with E-state index in [2.05, 4.69) is 66.0 Å². The number of nitrogens with two attached hydrogens (primary N) is 1. The molecule has 1 aliphatic carbocycles. The maximum Gasteiger partial charge on any atom is 0.154 e. The first-order chi connectivity index (χ1) is 15.8. The summed E-state index contributed by atoms with van der Waals surface area (Å²) in [6, 6.07) is 23.0. The highest BCUT2D eigenvalue weighted by Crippen LogP contribution is 2.29. The van der Waals surface area contributed by atoms with E-state index in [0.29, 0.717) is 11.8 Å². The molecule has 162 valence electrons. The second-order valence-electron chi connectivity index (χ2n) is 8.86. The fraction of sp³-hybridized carbons (Fsp3) is 0.286. The summed E-state index contributed by atoms with van der Waals surface area (Å²) in [4.78, 5) is 9.68. The minimum Gasteiger partial charge on any atom is -0.369 e. The molecule has 0 saturated heterocycles. The number of nitrogens with one attached hydrogen (secondary N) is 1. The maximum absolute atomic E-state index is 5.93. The molecular weight excluding hydrogens is 392 g/mol. The molecule has 4 aromatic rings. The van der Waals surface area contributed by atoms with Gasteiger partial charge in [-0.1, -0.05) is 67.1 Å². The second-order valence-corrected chi connectivity index (χ2v) is 8.86. The molecule has 3 N–H and O–H groups in total. The van der Waals surface area contributed by atoms with Gasteiger partial charge in [0.05, 0.1) is 5.52 Å². The molecule has 1 aromatic heterocycles. The lowest BCUT2D eigenvalue weighted by Crippen LogP contribution is -2.26. The van der Waals surface area contributed by atoms with Crippen LogP contribution in [0, 0.1) is 11.8 Å². The largest absolute Gasteiger partial charge is 0.369 e. The molecule has 3 aromatic carbocycles. The summed E-state index contributed by atoms with van der Waals surface area (Å²) in [5, 5.41) is 7.18. The molecule has 0 spiro atoms. The van der Waals surface area contributed by atoms with Crippen LogP contribution in [-0.4, -0.2) is 23.1 Å². The number of anilines is 1. The first-order valence-corrected chi connectivity index (χ1v) is 11.7. The Bertz CT molecular complexity index is 1240. The van der Waals surface area contributed by atoms with Crippen molar-refractivity contribution in [1.29, 1.82) is 0 Å². The number of benzene rings is 3. The third-order valence-electron chi connectivity index (χ3n) is 6.64. The van der Waals surface area contributed by atoms with Crippen LogP contribution in [0.25, 0.3) is 33.8 Å². The summed E-state index contributed by atoms with van der Waals surface area (Å²) in [5.41, 5.74) is 8.07. The number of rotatable bonds is 6. The highest BCUT2D eigenvalue weighted by Gasteiger charge is 2.21. The number of para-hydroxylation sites is 1. The number of hydrogen-bond acceptors (Lipinski definition) is 4. The Balaban J connectivity index is 1.42. The van der Waals surface area contributed by atoms with Crippen LogP contribution in [-0.2, 0) is 0 Å². The minimum absolute atomic E-state index is 0.653. The van der Waals surface area contributed by atoms with Crippen molar-refractivity contribution in [2.45, 2.75) is 25.7 Å². The molecular formula is C28H30N4. The number of nitrogens with zero attached hydrogens (tertiary/aromatic N) is 2. The summed E-state index contributed by atoms with van der Waals surface area (Å²) in [6.07, 6.45) is 9.15. The Morgan fingerprint density at radius 1 is 0.844 bits per heavy atom. The molecule has 0 amide bonds. The molecule has 1 saturated carbocycles. The summed E-state index contributed by atoms with van der Waals surface area (Å²) in [5.74, 6) is 2.96. The molecule has 0 bridgehead atoms. The van der Waals surface area contributed by atoms with Gasteiger partial charge in [-0.3, -0.25) is 0 Å². The van der Waals surface area contributed by atoms with Crippen LogP contribution in [0.2, 0.25) is 0 Å². The molecule has 1 aliphatic rings. The Morgan fingerprint density at radius 3 is 2.53 bits per heavy atom. The predicted octanol–water partition coefficient (Wildman–Crippen LogP) is 6.13. The highest BCUT2D eigenvalue weighted by atomic mass is 15.0. The lowest BCUT2D eigenvalue weighted by molar-refractivity contribution is 0.281. The number of aromatic nitrogens is 2. The van der Waals surface area contributed by atoms with Gasteiger partial charge in [0.25, 0.3) is 0 Å². The average Bonchev–Trinajstić information content (AvgIpc) is 2.86. The lowest BCUT2D eigenvalue weighted by Gasteiger charge is -2.28. The molecule has 4 heteroatoms. The van der Waals surface area contributed by atoms with E-state index in [1.54, 1.807) is 0 Å². The summed E-state index contributed by atoms with van der Waals surface area (Å²) in [6.45, 7) is 1.74. The average molecular weight is 423 g/mol. The van der Waals surface area contributed by atoms with Crippen molar-refractivity contribution in [3.63, 3.8) is 0 Å². The summed E-state index contributed by atoms with van der Waals surface area (Å²) in [7, 11) is 0. The Hall–Kier alpha value is -3.24. The highest BCUT2D eigenvalue weighted by molar-refractivity contribution is 5.93. The van der Waals surface area contributed by atoms with Crippen LogP contribution in [0.1, 0.15) is 37.1 Å². The fourth-order valence-corrected chi connectivity index (χ4v) is 4.91. The molecule has 2 atom stereocenters. The van der Waals surface area contributed by atoms with Gasteiger partial charge in [0.15, 0.2) is 5.82 Å². The van der Waals surface area contributed by atoms with Gasteiger partial charge in [0.2, 0.25) is 0 Å². The summed E-state index contributed by atoms with van der Waals surface area (Å²) < 4.78 is 0. The normalized spacial score (nSPS) is 19.0. The third-order valence-corrected chi connectivity index (χ3v) is 6.64. The Labute approximate surface area is 189 Å². The van der Waals surface area contributed by atoms with Crippen LogP contribution in [0.3, 0.4) is 0 Å². The van der Waals surface area contributed by atoms with Gasteiger partial charge in [0.1, 0.15) is 5.82 Å². The van der Waals surface area contributed by atoms with Crippen molar-refractivity contribution >= 4 is 39.6 Å². The molecule has 0 aliphatic heterocycles. The van der Waals surface area contributed by atoms with Gasteiger partial charge < -0.3 is 11.1 Å². The quantitative estimate of drug-likeness (QED) is 0.392. The molecule has 4 nitrogen and oxygen atoms in total. The zero-order chi connectivity index (χ0) is 21.8. The van der Waals surface area contributed by atoms with E-state index < -0.39 is 0 Å². The standard InChI is InChI=1S/C28H30N4/c29-18-20-7-5-8-21(17-20)19-30-28-25-13-3-4-14-26(25)31-27(32-28)16-15-23-11-6-10-22-9-1-2-12-24(22)23/h1-4,6,9-16,20-21H,5,7-8,17-19,29H2,(H,30,31,32)/b16-15+. The van der Waals surface area contributed by atoms with Gasteiger partial charge in [-0.25, -0.2) is 9.97 Å². The zero-order valence-corrected chi connectivity index (χ0v) is 18.4. The van der Waals surface area contributed by atoms with E-state index in [-0.39, 0.29) is 0 Å². The molecule has 2 unspecified atom stereocenters. The van der Waals surface area contributed by atoms with Gasteiger partial charge in [-0.2, -0.15) is 0 Å². The third kappa shape index (κ3) is 4.51. The molecule has 1 heterocycles. The van der Waals surface area contributed by atoms with Crippen LogP contribution in [0.15, 0.2) is 66.7 Å². The Kier molecular flexibility index (Phi) is 6.13. The lowest BCUT2D eigenvalue weighted by atomic mass is 9.81. The first kappa shape index (κ1) is 20.7. The molecule has 32 heavy (non-hydrogen) atoms. The van der Waals surface area contributed by atoms with E-state index >= 15 is 0 Å². The molecule has 5 rings (SSSR count). The van der Waals surface area contributed by atoms with Crippen LogP contribution in [0.5, 0.6) is 0 Å². The van der Waals surface area contributed by atoms with Gasteiger partial charge in [-0.15, -0.1) is 0 Å². The van der Waals surface area contributed by atoms with Gasteiger partial charge in [-0.05, 0) is 72.2 Å². The summed E-state index contributed by atoms with van der Waals surface area (Å²) >= 11 is 0. The molecule has 1 fully saturated rings. The zero-order valence-electron chi connectivity index (χ0n) is 18.4. The van der Waals surface area contributed by atoms with Crippen LogP contribution in [0.4, 0.5) is 5.82 Å². The van der Waals surface area contributed by atoms with Crippen LogP contribution >= 0.6 is 0 Å². The van der Waals surface area contributed by atoms with Crippen molar-refractivity contribution in [3.05, 3.63) is 78.1 Å². The van der Waals surface area contributed by atoms with E-state index in [4.69, 9.17) is 15.7 Å². The predicted molar refractivity (Wildman–Crippen MR) is 135 cm³/mol. The minimum atomic E-state index is 0.653. The topological polar surface area (TPSA) is 63.8 Å². The number of hydrogen-bond donors (Lipinski definition) is 2. The first-order valence-electron chi connectivity index (χ1n) is 11.7. The number of fused-ring (bicyclic) bond motifs is 2. The van der Waals surface area contributed by atoms with E-state index in [1.165, 1.54) is 42.0 Å². The smallest absolute Gasteiger partial charge is 0.154 e. The van der Waals surface area contributed by atoms with Crippen LogP contribution < -0.4 is 11.1 Å². The SMILES string of the molecule is NCC1CCCC(CNc2nc(/C=C/c3cccc4ccccc34)nc3ccccc23)C1. The van der Waals surface area contributed by atoms with Crippen molar-refractivity contribution < 1.29 is 0 Å². The van der Waals surface area contributed by atoms with Crippen molar-refractivity contribution in [2.24, 2.45) is 17.6 Å². The monoisotopic (exact) mass is 422 g/mol. The van der Waals surface area contributed by atoms with Crippen molar-refractivity contribution in [3.8, 4) is 0 Å². The van der Waals surface area contributed by atoms with Crippen molar-refractivity contribution in [2.75, 3.05) is 18.4 Å². The van der Waals surface area contributed by atoms with E-state index in [9.17, 15) is 0 Å². The van der Waals surface area contributed by atoms with Gasteiger partial charge in [0, 0.05) is 11.9 Å². The molecule has 0 radical (unpaired) electrons. The second kappa shape index (κ2) is 9.49. The maximum atomic E-state index is 5.93. The van der Waals surface area contributed by atoms with E-state index in [0.717, 1.165) is 35.6 Å². The van der Waals surface area contributed by atoms with Crippen molar-refractivity contribution in [1.82, 2.24) is 9.97 Å². The van der Waals surface area contributed by atoms with Gasteiger partial charge >= 0.3 is 0 Å². The fourth-order valence-electron chi connectivity index (χ4n) is 4.91. The van der Waals surface area contributed by atoms with E-state index in [1.807, 2.05) is 18.2 Å². The Morgan fingerprint density at radius 2 is 1.62 bits per heavy atom.